The third-order valence-corrected chi connectivity index (χ3v) is 3.17. The molecule has 2 rings (SSSR count). The quantitative estimate of drug-likeness (QED) is 0.899. The van der Waals surface area contributed by atoms with Gasteiger partial charge in [-0.25, -0.2) is 0 Å². The topological polar surface area (TPSA) is 35.2 Å². The lowest BCUT2D eigenvalue weighted by Crippen LogP contribution is -2.08. The minimum absolute atomic E-state index is 0.0198. The van der Waals surface area contributed by atoms with Crippen LogP contribution < -0.4 is 10.5 Å². The lowest BCUT2D eigenvalue weighted by atomic mass is 10.1. The molecular formula is C17H21NO. The van der Waals surface area contributed by atoms with Gasteiger partial charge < -0.3 is 10.5 Å². The molecule has 0 aliphatic heterocycles. The molecule has 0 unspecified atom stereocenters. The van der Waals surface area contributed by atoms with Gasteiger partial charge in [0, 0.05) is 11.6 Å². The van der Waals surface area contributed by atoms with Crippen molar-refractivity contribution in [3.05, 3.63) is 64.7 Å². The van der Waals surface area contributed by atoms with Gasteiger partial charge in [-0.15, -0.1) is 0 Å². The molecule has 2 aromatic rings. The average Bonchev–Trinajstić information content (AvgIpc) is 2.38. The molecule has 0 aliphatic rings. The molecule has 19 heavy (non-hydrogen) atoms. The molecule has 2 N–H and O–H groups in total. The first-order chi connectivity index (χ1) is 9.06. The summed E-state index contributed by atoms with van der Waals surface area (Å²) in [6.07, 6.45) is 0. The predicted octanol–water partition coefficient (Wildman–Crippen LogP) is 3.90. The SMILES string of the molecule is Cc1ccc(COc2cc(C)ccc2[C@H](C)N)cc1. The van der Waals surface area contributed by atoms with Gasteiger partial charge >= 0.3 is 0 Å². The summed E-state index contributed by atoms with van der Waals surface area (Å²) in [6, 6.07) is 14.5. The van der Waals surface area contributed by atoms with E-state index in [2.05, 4.69) is 44.2 Å². The van der Waals surface area contributed by atoms with Crippen molar-refractivity contribution in [2.24, 2.45) is 5.73 Å². The first-order valence-electron chi connectivity index (χ1n) is 6.61. The first-order valence-corrected chi connectivity index (χ1v) is 6.61. The van der Waals surface area contributed by atoms with Crippen LogP contribution in [0.25, 0.3) is 0 Å². The van der Waals surface area contributed by atoms with Crippen molar-refractivity contribution in [1.82, 2.24) is 0 Å². The fourth-order valence-electron chi connectivity index (χ4n) is 1.99. The Labute approximate surface area is 115 Å². The minimum atomic E-state index is -0.0198. The highest BCUT2D eigenvalue weighted by Gasteiger charge is 2.08. The van der Waals surface area contributed by atoms with Crippen molar-refractivity contribution in [2.45, 2.75) is 33.4 Å². The number of benzene rings is 2. The number of hydrogen-bond acceptors (Lipinski definition) is 2. The van der Waals surface area contributed by atoms with Crippen LogP contribution in [0.5, 0.6) is 5.75 Å². The third-order valence-electron chi connectivity index (χ3n) is 3.17. The van der Waals surface area contributed by atoms with Crippen molar-refractivity contribution >= 4 is 0 Å². The normalized spacial score (nSPS) is 12.2. The van der Waals surface area contributed by atoms with Crippen molar-refractivity contribution in [3.8, 4) is 5.75 Å². The van der Waals surface area contributed by atoms with E-state index in [1.54, 1.807) is 0 Å². The second-order valence-corrected chi connectivity index (χ2v) is 5.10. The van der Waals surface area contributed by atoms with Gasteiger partial charge in [-0.2, -0.15) is 0 Å². The molecule has 0 radical (unpaired) electrons. The fraction of sp³-hybridized carbons (Fsp3) is 0.294. The zero-order valence-corrected chi connectivity index (χ0v) is 11.8. The van der Waals surface area contributed by atoms with E-state index >= 15 is 0 Å². The number of aryl methyl sites for hydroxylation is 2. The predicted molar refractivity (Wildman–Crippen MR) is 79.3 cm³/mol. The molecule has 0 spiro atoms. The number of nitrogens with two attached hydrogens (primary N) is 1. The molecule has 0 bridgehead atoms. The highest BCUT2D eigenvalue weighted by Crippen LogP contribution is 2.26. The molecule has 1 atom stereocenters. The molecule has 100 valence electrons. The van der Waals surface area contributed by atoms with Crippen LogP contribution in [0.3, 0.4) is 0 Å². The Bertz CT molecular complexity index is 544. The van der Waals surface area contributed by atoms with Gasteiger partial charge in [-0.3, -0.25) is 0 Å². The summed E-state index contributed by atoms with van der Waals surface area (Å²) >= 11 is 0. The van der Waals surface area contributed by atoms with E-state index in [1.165, 1.54) is 16.7 Å². The van der Waals surface area contributed by atoms with Crippen molar-refractivity contribution in [1.29, 1.82) is 0 Å². The second kappa shape index (κ2) is 5.89. The highest BCUT2D eigenvalue weighted by molar-refractivity contribution is 5.39. The monoisotopic (exact) mass is 255 g/mol. The number of hydrogen-bond donors (Lipinski definition) is 1. The summed E-state index contributed by atoms with van der Waals surface area (Å²) < 4.78 is 5.93. The van der Waals surface area contributed by atoms with Crippen LogP contribution in [-0.2, 0) is 6.61 Å². The van der Waals surface area contributed by atoms with Gasteiger partial charge in [0.05, 0.1) is 0 Å². The smallest absolute Gasteiger partial charge is 0.124 e. The van der Waals surface area contributed by atoms with Gasteiger partial charge in [0.25, 0.3) is 0 Å². The van der Waals surface area contributed by atoms with E-state index in [0.717, 1.165) is 11.3 Å². The molecule has 2 aromatic carbocycles. The molecule has 2 heteroatoms. The molecule has 0 aliphatic carbocycles. The number of rotatable bonds is 4. The van der Waals surface area contributed by atoms with E-state index in [0.29, 0.717) is 6.61 Å². The third kappa shape index (κ3) is 3.58. The zero-order valence-electron chi connectivity index (χ0n) is 11.8. The molecule has 0 heterocycles. The second-order valence-electron chi connectivity index (χ2n) is 5.10. The van der Waals surface area contributed by atoms with Gasteiger partial charge in [0.15, 0.2) is 0 Å². The summed E-state index contributed by atoms with van der Waals surface area (Å²) in [5.74, 6) is 0.885. The largest absolute Gasteiger partial charge is 0.489 e. The lowest BCUT2D eigenvalue weighted by Gasteiger charge is -2.15. The fourth-order valence-corrected chi connectivity index (χ4v) is 1.99. The van der Waals surface area contributed by atoms with E-state index < -0.39 is 0 Å². The van der Waals surface area contributed by atoms with Gasteiger partial charge in [-0.05, 0) is 38.0 Å². The lowest BCUT2D eigenvalue weighted by molar-refractivity contribution is 0.301. The van der Waals surface area contributed by atoms with Crippen LogP contribution >= 0.6 is 0 Å². The van der Waals surface area contributed by atoms with Crippen molar-refractivity contribution < 1.29 is 4.74 Å². The minimum Gasteiger partial charge on any atom is -0.489 e. The van der Waals surface area contributed by atoms with Crippen LogP contribution in [-0.4, -0.2) is 0 Å². The maximum atomic E-state index is 5.97. The van der Waals surface area contributed by atoms with Crippen molar-refractivity contribution in [3.63, 3.8) is 0 Å². The summed E-state index contributed by atoms with van der Waals surface area (Å²) in [4.78, 5) is 0. The van der Waals surface area contributed by atoms with Crippen LogP contribution in [0.2, 0.25) is 0 Å². The molecule has 2 nitrogen and oxygen atoms in total. The van der Waals surface area contributed by atoms with Gasteiger partial charge in [0.1, 0.15) is 12.4 Å². The summed E-state index contributed by atoms with van der Waals surface area (Å²) in [7, 11) is 0. The maximum absolute atomic E-state index is 5.97. The molecule has 0 aromatic heterocycles. The van der Waals surface area contributed by atoms with E-state index in [1.807, 2.05) is 19.1 Å². The highest BCUT2D eigenvalue weighted by atomic mass is 16.5. The standard InChI is InChI=1S/C17H21NO/c1-12-4-7-15(8-5-12)11-19-17-10-13(2)6-9-16(17)14(3)18/h4-10,14H,11,18H2,1-3H3/t14-/m0/s1. The van der Waals surface area contributed by atoms with Gasteiger partial charge in [-0.1, -0.05) is 42.0 Å². The van der Waals surface area contributed by atoms with Crippen molar-refractivity contribution in [2.75, 3.05) is 0 Å². The van der Waals surface area contributed by atoms with E-state index in [-0.39, 0.29) is 6.04 Å². The molecule has 0 saturated heterocycles. The molecular weight excluding hydrogens is 234 g/mol. The van der Waals surface area contributed by atoms with Crippen LogP contribution in [0.15, 0.2) is 42.5 Å². The summed E-state index contributed by atoms with van der Waals surface area (Å²) in [5, 5.41) is 0. The molecule has 0 saturated carbocycles. The Morgan fingerprint density at radius 1 is 1.00 bits per heavy atom. The van der Waals surface area contributed by atoms with Crippen LogP contribution in [0, 0.1) is 13.8 Å². The zero-order chi connectivity index (χ0) is 13.8. The Morgan fingerprint density at radius 3 is 2.26 bits per heavy atom. The van der Waals surface area contributed by atoms with Crippen LogP contribution in [0.1, 0.15) is 35.2 Å². The molecule has 0 amide bonds. The molecule has 0 fully saturated rings. The van der Waals surface area contributed by atoms with E-state index in [9.17, 15) is 0 Å². The summed E-state index contributed by atoms with van der Waals surface area (Å²) in [5.41, 5.74) is 10.6. The van der Waals surface area contributed by atoms with Gasteiger partial charge in [0.2, 0.25) is 0 Å². The Hall–Kier alpha value is -1.80. The average molecular weight is 255 g/mol. The van der Waals surface area contributed by atoms with Crippen LogP contribution in [0.4, 0.5) is 0 Å². The first kappa shape index (κ1) is 13.6. The Balaban J connectivity index is 2.14. The van der Waals surface area contributed by atoms with E-state index in [4.69, 9.17) is 10.5 Å². The maximum Gasteiger partial charge on any atom is 0.124 e. The number of ether oxygens (including phenoxy) is 1. The Kier molecular flexibility index (Phi) is 4.23. The summed E-state index contributed by atoms with van der Waals surface area (Å²) in [6.45, 7) is 6.69. The Morgan fingerprint density at radius 2 is 1.63 bits per heavy atom.